The number of hydrogen-bond donors (Lipinski definition) is 2. The smallest absolute Gasteiger partial charge is 0.0204 e. The molecular weight excluding hydrogens is 136 g/mol. The highest BCUT2D eigenvalue weighted by Gasteiger charge is 2.12. The standard InChI is InChI=1S/C9H20N2/c1-8(2)3-6-11-9-4-5-10-7-9/h8-11H,3-7H2,1-2H3. The molecule has 1 saturated heterocycles. The van der Waals surface area contributed by atoms with E-state index < -0.39 is 0 Å². The van der Waals surface area contributed by atoms with Gasteiger partial charge in [0.15, 0.2) is 0 Å². The molecule has 0 aromatic carbocycles. The number of hydrogen-bond acceptors (Lipinski definition) is 2. The second kappa shape index (κ2) is 4.73. The quantitative estimate of drug-likeness (QED) is 0.634. The average molecular weight is 156 g/mol. The van der Waals surface area contributed by atoms with Crippen LogP contribution in [0.2, 0.25) is 0 Å². The SMILES string of the molecule is CC(C)CCNC1CCNC1. The molecule has 1 heterocycles. The highest BCUT2D eigenvalue weighted by Crippen LogP contribution is 2.00. The summed E-state index contributed by atoms with van der Waals surface area (Å²) < 4.78 is 0. The van der Waals surface area contributed by atoms with E-state index in [-0.39, 0.29) is 0 Å². The van der Waals surface area contributed by atoms with Gasteiger partial charge in [0.25, 0.3) is 0 Å². The van der Waals surface area contributed by atoms with Gasteiger partial charge in [-0.15, -0.1) is 0 Å². The van der Waals surface area contributed by atoms with Crippen molar-refractivity contribution >= 4 is 0 Å². The van der Waals surface area contributed by atoms with E-state index in [1.54, 1.807) is 0 Å². The van der Waals surface area contributed by atoms with Crippen molar-refractivity contribution in [2.24, 2.45) is 5.92 Å². The molecule has 2 N–H and O–H groups in total. The molecule has 1 fully saturated rings. The van der Waals surface area contributed by atoms with Crippen LogP contribution in [-0.2, 0) is 0 Å². The molecule has 0 aromatic rings. The first-order valence-electron chi connectivity index (χ1n) is 4.73. The summed E-state index contributed by atoms with van der Waals surface area (Å²) in [6.45, 7) is 8.09. The first-order chi connectivity index (χ1) is 5.29. The molecule has 1 aliphatic rings. The van der Waals surface area contributed by atoms with Crippen molar-refractivity contribution in [3.05, 3.63) is 0 Å². The molecule has 2 heteroatoms. The lowest BCUT2D eigenvalue weighted by Crippen LogP contribution is -2.32. The molecule has 11 heavy (non-hydrogen) atoms. The lowest BCUT2D eigenvalue weighted by atomic mass is 10.1. The van der Waals surface area contributed by atoms with Crippen molar-refractivity contribution < 1.29 is 0 Å². The second-order valence-electron chi connectivity index (χ2n) is 3.83. The van der Waals surface area contributed by atoms with Gasteiger partial charge in [-0.25, -0.2) is 0 Å². The normalized spacial score (nSPS) is 24.8. The molecule has 66 valence electrons. The Balaban J connectivity index is 1.94. The van der Waals surface area contributed by atoms with Crippen molar-refractivity contribution in [1.29, 1.82) is 0 Å². The lowest BCUT2D eigenvalue weighted by molar-refractivity contribution is 0.486. The van der Waals surface area contributed by atoms with Crippen LogP contribution in [-0.4, -0.2) is 25.7 Å². The van der Waals surface area contributed by atoms with E-state index in [4.69, 9.17) is 0 Å². The third kappa shape index (κ3) is 3.73. The Kier molecular flexibility index (Phi) is 3.87. The van der Waals surface area contributed by atoms with Gasteiger partial charge in [-0.05, 0) is 31.8 Å². The summed E-state index contributed by atoms with van der Waals surface area (Å²) in [6, 6.07) is 0.744. The van der Waals surface area contributed by atoms with Crippen molar-refractivity contribution in [3.8, 4) is 0 Å². The van der Waals surface area contributed by atoms with E-state index in [2.05, 4.69) is 24.5 Å². The molecular formula is C9H20N2. The van der Waals surface area contributed by atoms with Crippen LogP contribution in [0.15, 0.2) is 0 Å². The van der Waals surface area contributed by atoms with Gasteiger partial charge in [-0.1, -0.05) is 13.8 Å². The third-order valence-corrected chi connectivity index (χ3v) is 2.22. The van der Waals surface area contributed by atoms with Crippen molar-refractivity contribution in [2.45, 2.75) is 32.7 Å². The highest BCUT2D eigenvalue weighted by atomic mass is 15.0. The summed E-state index contributed by atoms with van der Waals surface area (Å²) in [4.78, 5) is 0. The Hall–Kier alpha value is -0.0800. The molecule has 0 saturated carbocycles. The lowest BCUT2D eigenvalue weighted by Gasteiger charge is -2.11. The third-order valence-electron chi connectivity index (χ3n) is 2.22. The zero-order valence-electron chi connectivity index (χ0n) is 7.69. The Morgan fingerprint density at radius 2 is 2.36 bits per heavy atom. The van der Waals surface area contributed by atoms with Gasteiger partial charge in [0.2, 0.25) is 0 Å². The molecule has 2 nitrogen and oxygen atoms in total. The minimum atomic E-state index is 0.744. The summed E-state index contributed by atoms with van der Waals surface area (Å²) >= 11 is 0. The molecule has 0 aliphatic carbocycles. The Morgan fingerprint density at radius 1 is 1.55 bits per heavy atom. The van der Waals surface area contributed by atoms with E-state index in [0.717, 1.165) is 18.5 Å². The summed E-state index contributed by atoms with van der Waals surface area (Å²) in [5.41, 5.74) is 0. The van der Waals surface area contributed by atoms with Crippen molar-refractivity contribution in [2.75, 3.05) is 19.6 Å². The molecule has 1 aliphatic heterocycles. The van der Waals surface area contributed by atoms with Crippen LogP contribution >= 0.6 is 0 Å². The maximum atomic E-state index is 3.55. The molecule has 1 rings (SSSR count). The van der Waals surface area contributed by atoms with Crippen molar-refractivity contribution in [1.82, 2.24) is 10.6 Å². The van der Waals surface area contributed by atoms with Crippen LogP contribution in [0, 0.1) is 5.92 Å². The van der Waals surface area contributed by atoms with Gasteiger partial charge >= 0.3 is 0 Å². The van der Waals surface area contributed by atoms with Gasteiger partial charge in [0, 0.05) is 12.6 Å². The molecule has 0 bridgehead atoms. The van der Waals surface area contributed by atoms with E-state index in [1.165, 1.54) is 25.9 Å². The largest absolute Gasteiger partial charge is 0.315 e. The molecule has 0 aromatic heterocycles. The first-order valence-corrected chi connectivity index (χ1v) is 4.73. The monoisotopic (exact) mass is 156 g/mol. The fourth-order valence-electron chi connectivity index (χ4n) is 1.41. The van der Waals surface area contributed by atoms with Gasteiger partial charge < -0.3 is 10.6 Å². The van der Waals surface area contributed by atoms with Crippen LogP contribution in [0.25, 0.3) is 0 Å². The van der Waals surface area contributed by atoms with Gasteiger partial charge in [-0.3, -0.25) is 0 Å². The summed E-state index contributed by atoms with van der Waals surface area (Å²) in [7, 11) is 0. The minimum absolute atomic E-state index is 0.744. The minimum Gasteiger partial charge on any atom is -0.315 e. The maximum Gasteiger partial charge on any atom is 0.0204 e. The summed E-state index contributed by atoms with van der Waals surface area (Å²) in [6.07, 6.45) is 2.61. The van der Waals surface area contributed by atoms with E-state index in [0.29, 0.717) is 0 Å². The molecule has 1 unspecified atom stereocenters. The number of nitrogens with one attached hydrogen (secondary N) is 2. The fraction of sp³-hybridized carbons (Fsp3) is 1.00. The highest BCUT2D eigenvalue weighted by molar-refractivity contribution is 4.76. The Morgan fingerprint density at radius 3 is 2.91 bits per heavy atom. The van der Waals surface area contributed by atoms with Gasteiger partial charge in [-0.2, -0.15) is 0 Å². The van der Waals surface area contributed by atoms with Crippen LogP contribution in [0.5, 0.6) is 0 Å². The zero-order valence-corrected chi connectivity index (χ0v) is 7.69. The van der Waals surface area contributed by atoms with Crippen LogP contribution in [0.4, 0.5) is 0 Å². The average Bonchev–Trinajstić information content (AvgIpc) is 2.39. The molecule has 0 spiro atoms. The van der Waals surface area contributed by atoms with E-state index in [1.807, 2.05) is 0 Å². The summed E-state index contributed by atoms with van der Waals surface area (Å²) in [5, 5.41) is 6.90. The Bertz CT molecular complexity index is 95.7. The predicted molar refractivity (Wildman–Crippen MR) is 48.7 cm³/mol. The predicted octanol–water partition coefficient (Wildman–Crippen LogP) is 0.984. The molecule has 1 atom stereocenters. The second-order valence-corrected chi connectivity index (χ2v) is 3.83. The van der Waals surface area contributed by atoms with E-state index in [9.17, 15) is 0 Å². The molecule has 0 radical (unpaired) electrons. The van der Waals surface area contributed by atoms with Gasteiger partial charge in [0.05, 0.1) is 0 Å². The van der Waals surface area contributed by atoms with Crippen molar-refractivity contribution in [3.63, 3.8) is 0 Å². The Labute approximate surface area is 69.8 Å². The number of rotatable bonds is 4. The molecule has 0 amide bonds. The fourth-order valence-corrected chi connectivity index (χ4v) is 1.41. The van der Waals surface area contributed by atoms with E-state index >= 15 is 0 Å². The summed E-state index contributed by atoms with van der Waals surface area (Å²) in [5.74, 6) is 0.830. The van der Waals surface area contributed by atoms with Crippen LogP contribution < -0.4 is 10.6 Å². The van der Waals surface area contributed by atoms with Crippen LogP contribution in [0.1, 0.15) is 26.7 Å². The topological polar surface area (TPSA) is 24.1 Å². The van der Waals surface area contributed by atoms with Gasteiger partial charge in [0.1, 0.15) is 0 Å². The first kappa shape index (κ1) is 9.01. The zero-order chi connectivity index (χ0) is 8.10. The van der Waals surface area contributed by atoms with Crippen LogP contribution in [0.3, 0.4) is 0 Å². The maximum absolute atomic E-state index is 3.55.